The number of hydrogen-bond acceptors (Lipinski definition) is 3. The van der Waals surface area contributed by atoms with Gasteiger partial charge in [-0.15, -0.1) is 0 Å². The van der Waals surface area contributed by atoms with E-state index in [4.69, 9.17) is 4.74 Å². The van der Waals surface area contributed by atoms with E-state index in [9.17, 15) is 4.79 Å². The molecule has 0 unspecified atom stereocenters. The Morgan fingerprint density at radius 2 is 1.76 bits per heavy atom. The van der Waals surface area contributed by atoms with Gasteiger partial charge in [-0.3, -0.25) is 9.78 Å². The molecule has 1 amide bonds. The number of para-hydroxylation sites is 1. The molecule has 4 aromatic rings. The van der Waals surface area contributed by atoms with Crippen LogP contribution in [0.1, 0.15) is 34.3 Å². The third-order valence-electron chi connectivity index (χ3n) is 6.35. The highest BCUT2D eigenvalue weighted by Crippen LogP contribution is 2.32. The zero-order chi connectivity index (χ0) is 23.5. The quantitative estimate of drug-likeness (QED) is 0.364. The topological polar surface area (TPSA) is 42.4 Å². The Kier molecular flexibility index (Phi) is 6.13. The van der Waals surface area contributed by atoms with E-state index in [0.717, 1.165) is 41.7 Å². The SMILES string of the molecule is CN(C)C(=O)c1cccc(-c2ccc3c(c2)CC/C(=C/c2ccnc4ccccc24)CCO3)c1. The van der Waals surface area contributed by atoms with Crippen LogP contribution >= 0.6 is 0 Å². The van der Waals surface area contributed by atoms with Crippen LogP contribution in [0.4, 0.5) is 0 Å². The molecule has 4 heteroatoms. The summed E-state index contributed by atoms with van der Waals surface area (Å²) in [7, 11) is 3.55. The molecule has 0 N–H and O–H groups in total. The van der Waals surface area contributed by atoms with Crippen molar-refractivity contribution in [2.45, 2.75) is 19.3 Å². The molecule has 0 spiro atoms. The van der Waals surface area contributed by atoms with Crippen molar-refractivity contribution in [1.29, 1.82) is 0 Å². The summed E-state index contributed by atoms with van der Waals surface area (Å²) in [5.74, 6) is 0.965. The number of rotatable bonds is 3. The van der Waals surface area contributed by atoms with E-state index in [-0.39, 0.29) is 5.91 Å². The lowest BCUT2D eigenvalue weighted by Crippen LogP contribution is -2.21. The molecule has 0 atom stereocenters. The van der Waals surface area contributed by atoms with E-state index >= 15 is 0 Å². The smallest absolute Gasteiger partial charge is 0.253 e. The van der Waals surface area contributed by atoms with Crippen LogP contribution in [-0.4, -0.2) is 36.5 Å². The number of nitrogens with zero attached hydrogens (tertiary/aromatic N) is 2. The average molecular weight is 449 g/mol. The molecule has 0 fully saturated rings. The van der Waals surface area contributed by atoms with Gasteiger partial charge in [0.15, 0.2) is 0 Å². The normalized spacial score (nSPS) is 14.7. The van der Waals surface area contributed by atoms with Crippen molar-refractivity contribution >= 4 is 22.9 Å². The van der Waals surface area contributed by atoms with Crippen LogP contribution in [0.5, 0.6) is 5.75 Å². The summed E-state index contributed by atoms with van der Waals surface area (Å²) in [6.07, 6.45) is 6.99. The number of pyridine rings is 1. The second kappa shape index (κ2) is 9.52. The Hall–Kier alpha value is -3.92. The standard InChI is InChI=1S/C30H28N2O2/c1-32(2)30(33)26-7-5-6-22(20-26)23-12-13-29-25(19-23)11-10-21(15-17-34-29)18-24-14-16-31-28-9-4-3-8-27(24)28/h3-9,12-14,16,18-20H,10-11,15,17H2,1-2H3/b21-18-. The molecule has 1 aliphatic heterocycles. The highest BCUT2D eigenvalue weighted by atomic mass is 16.5. The zero-order valence-electron chi connectivity index (χ0n) is 19.6. The number of ether oxygens (including phenoxy) is 1. The number of hydrogen-bond donors (Lipinski definition) is 0. The summed E-state index contributed by atoms with van der Waals surface area (Å²) < 4.78 is 6.15. The van der Waals surface area contributed by atoms with Crippen molar-refractivity contribution in [3.05, 3.63) is 101 Å². The Morgan fingerprint density at radius 1 is 0.912 bits per heavy atom. The van der Waals surface area contributed by atoms with Crippen molar-refractivity contribution < 1.29 is 9.53 Å². The first-order valence-electron chi connectivity index (χ1n) is 11.7. The summed E-state index contributed by atoms with van der Waals surface area (Å²) in [6.45, 7) is 0.661. The van der Waals surface area contributed by atoms with E-state index in [0.29, 0.717) is 12.2 Å². The average Bonchev–Trinajstić information content (AvgIpc) is 2.86. The summed E-state index contributed by atoms with van der Waals surface area (Å²) in [5, 5.41) is 1.18. The van der Waals surface area contributed by atoms with Gasteiger partial charge >= 0.3 is 0 Å². The van der Waals surface area contributed by atoms with Crippen molar-refractivity contribution in [2.75, 3.05) is 20.7 Å². The van der Waals surface area contributed by atoms with Gasteiger partial charge in [0.05, 0.1) is 12.1 Å². The molecular formula is C30H28N2O2. The van der Waals surface area contributed by atoms with Gasteiger partial charge in [0.1, 0.15) is 5.75 Å². The molecule has 0 saturated heterocycles. The van der Waals surface area contributed by atoms with Crippen LogP contribution in [0, 0.1) is 0 Å². The molecule has 1 aromatic heterocycles. The monoisotopic (exact) mass is 448 g/mol. The first-order chi connectivity index (χ1) is 16.6. The van der Waals surface area contributed by atoms with Crippen molar-refractivity contribution in [2.24, 2.45) is 0 Å². The lowest BCUT2D eigenvalue weighted by molar-refractivity contribution is 0.0827. The minimum absolute atomic E-state index is 0.00912. The highest BCUT2D eigenvalue weighted by Gasteiger charge is 2.14. The van der Waals surface area contributed by atoms with Crippen LogP contribution in [-0.2, 0) is 6.42 Å². The minimum Gasteiger partial charge on any atom is -0.493 e. The van der Waals surface area contributed by atoms with E-state index in [2.05, 4.69) is 59.6 Å². The first-order valence-corrected chi connectivity index (χ1v) is 11.7. The number of aryl methyl sites for hydroxylation is 1. The van der Waals surface area contributed by atoms with Crippen molar-refractivity contribution in [1.82, 2.24) is 9.88 Å². The molecule has 0 saturated carbocycles. The largest absolute Gasteiger partial charge is 0.493 e. The molecule has 34 heavy (non-hydrogen) atoms. The summed E-state index contributed by atoms with van der Waals surface area (Å²) in [5.41, 5.74) is 7.64. The van der Waals surface area contributed by atoms with Gasteiger partial charge in [-0.2, -0.15) is 0 Å². The number of benzene rings is 3. The maximum absolute atomic E-state index is 12.4. The first kappa shape index (κ1) is 21.9. The molecule has 0 radical (unpaired) electrons. The van der Waals surface area contributed by atoms with E-state index in [1.165, 1.54) is 22.1 Å². The maximum atomic E-state index is 12.4. The van der Waals surface area contributed by atoms with E-state index < -0.39 is 0 Å². The zero-order valence-corrected chi connectivity index (χ0v) is 19.6. The predicted molar refractivity (Wildman–Crippen MR) is 138 cm³/mol. The molecule has 2 heterocycles. The fourth-order valence-corrected chi connectivity index (χ4v) is 4.51. The molecule has 0 aliphatic carbocycles. The summed E-state index contributed by atoms with van der Waals surface area (Å²) in [4.78, 5) is 18.5. The summed E-state index contributed by atoms with van der Waals surface area (Å²) >= 11 is 0. The van der Waals surface area contributed by atoms with Crippen LogP contribution in [0.2, 0.25) is 0 Å². The molecule has 0 bridgehead atoms. The Balaban J connectivity index is 1.42. The highest BCUT2D eigenvalue weighted by molar-refractivity contribution is 5.95. The Labute approximate surface area is 200 Å². The number of carbonyl (C=O) groups excluding carboxylic acids is 1. The maximum Gasteiger partial charge on any atom is 0.253 e. The van der Waals surface area contributed by atoms with Crippen molar-refractivity contribution in [3.63, 3.8) is 0 Å². The Bertz CT molecular complexity index is 1380. The molecule has 1 aliphatic rings. The molecular weight excluding hydrogens is 420 g/mol. The second-order valence-electron chi connectivity index (χ2n) is 8.92. The van der Waals surface area contributed by atoms with E-state index in [1.807, 2.05) is 30.5 Å². The minimum atomic E-state index is 0.00912. The van der Waals surface area contributed by atoms with Crippen molar-refractivity contribution in [3.8, 4) is 16.9 Å². The van der Waals surface area contributed by atoms with Gasteiger partial charge < -0.3 is 9.64 Å². The van der Waals surface area contributed by atoms with E-state index in [1.54, 1.807) is 19.0 Å². The number of amides is 1. The van der Waals surface area contributed by atoms with Gasteiger partial charge in [-0.25, -0.2) is 0 Å². The van der Waals surface area contributed by atoms with Crippen LogP contribution in [0.25, 0.3) is 28.1 Å². The molecule has 5 rings (SSSR count). The fraction of sp³-hybridized carbons (Fsp3) is 0.200. The predicted octanol–water partition coefficient (Wildman–Crippen LogP) is 6.40. The van der Waals surface area contributed by atoms with Gasteiger partial charge in [0, 0.05) is 37.7 Å². The van der Waals surface area contributed by atoms with Gasteiger partial charge in [0.25, 0.3) is 5.91 Å². The van der Waals surface area contributed by atoms with Gasteiger partial charge in [-0.05, 0) is 71.5 Å². The number of fused-ring (bicyclic) bond motifs is 2. The number of carbonyl (C=O) groups is 1. The lowest BCUT2D eigenvalue weighted by atomic mass is 9.94. The second-order valence-corrected chi connectivity index (χ2v) is 8.92. The third-order valence-corrected chi connectivity index (χ3v) is 6.35. The molecule has 3 aromatic carbocycles. The molecule has 170 valence electrons. The fourth-order valence-electron chi connectivity index (χ4n) is 4.51. The lowest BCUT2D eigenvalue weighted by Gasteiger charge is -2.19. The number of aromatic nitrogens is 1. The van der Waals surface area contributed by atoms with Crippen LogP contribution in [0.3, 0.4) is 0 Å². The van der Waals surface area contributed by atoms with Crippen LogP contribution in [0.15, 0.2) is 84.6 Å². The molecule has 4 nitrogen and oxygen atoms in total. The summed E-state index contributed by atoms with van der Waals surface area (Å²) in [6, 6.07) is 24.5. The Morgan fingerprint density at radius 3 is 2.65 bits per heavy atom. The van der Waals surface area contributed by atoms with Gasteiger partial charge in [-0.1, -0.05) is 48.0 Å². The van der Waals surface area contributed by atoms with Gasteiger partial charge in [0.2, 0.25) is 0 Å². The third kappa shape index (κ3) is 4.58. The van der Waals surface area contributed by atoms with Crippen LogP contribution < -0.4 is 4.74 Å².